The zero-order valence-corrected chi connectivity index (χ0v) is 9.97. The van der Waals surface area contributed by atoms with Crippen molar-refractivity contribution in [3.8, 4) is 0 Å². The molecule has 2 unspecified atom stereocenters. The molecule has 1 fully saturated rings. The lowest BCUT2D eigenvalue weighted by Crippen LogP contribution is -2.47. The number of aromatic nitrogens is 2. The molecule has 0 aliphatic carbocycles. The maximum absolute atomic E-state index is 11.7. The van der Waals surface area contributed by atoms with E-state index in [1.807, 2.05) is 0 Å². The average Bonchev–Trinajstić information content (AvgIpc) is 2.68. The summed E-state index contributed by atoms with van der Waals surface area (Å²) in [5.74, 6) is -0.446. The van der Waals surface area contributed by atoms with Gasteiger partial charge in [-0.3, -0.25) is 9.59 Å². The standard InChI is InChI=1S/C11H15N3O4/c1-7-11(17,2-3-18-7)6-14-10(16)8-4-13-9(15)5-12-8/h4-5,7,17H,2-3,6H2,1H3,(H,13,15)(H,14,16). The second-order valence-corrected chi connectivity index (χ2v) is 4.35. The van der Waals surface area contributed by atoms with Gasteiger partial charge in [-0.15, -0.1) is 0 Å². The van der Waals surface area contributed by atoms with Crippen molar-refractivity contribution in [2.24, 2.45) is 0 Å². The highest BCUT2D eigenvalue weighted by Crippen LogP contribution is 2.24. The van der Waals surface area contributed by atoms with Crippen LogP contribution in [0.15, 0.2) is 17.2 Å². The molecule has 18 heavy (non-hydrogen) atoms. The van der Waals surface area contributed by atoms with Crippen LogP contribution in [0.2, 0.25) is 0 Å². The van der Waals surface area contributed by atoms with E-state index in [4.69, 9.17) is 4.74 Å². The first-order chi connectivity index (χ1) is 8.51. The molecule has 2 heterocycles. The fourth-order valence-corrected chi connectivity index (χ4v) is 1.79. The van der Waals surface area contributed by atoms with E-state index in [0.29, 0.717) is 13.0 Å². The van der Waals surface area contributed by atoms with Gasteiger partial charge in [0.25, 0.3) is 11.5 Å². The SMILES string of the molecule is CC1OCCC1(O)CNC(=O)c1c[nH]c(=O)cn1. The molecule has 2 rings (SSSR count). The number of hydrogen-bond donors (Lipinski definition) is 3. The molecule has 98 valence electrons. The number of carbonyl (C=O) groups excluding carboxylic acids is 1. The zero-order chi connectivity index (χ0) is 13.2. The lowest BCUT2D eigenvalue weighted by atomic mass is 9.97. The van der Waals surface area contributed by atoms with Crippen LogP contribution in [0.5, 0.6) is 0 Å². The summed E-state index contributed by atoms with van der Waals surface area (Å²) in [6.45, 7) is 2.33. The summed E-state index contributed by atoms with van der Waals surface area (Å²) < 4.78 is 5.26. The van der Waals surface area contributed by atoms with E-state index in [0.717, 1.165) is 6.20 Å². The summed E-state index contributed by atoms with van der Waals surface area (Å²) in [4.78, 5) is 28.6. The van der Waals surface area contributed by atoms with Crippen molar-refractivity contribution in [1.29, 1.82) is 0 Å². The lowest BCUT2D eigenvalue weighted by Gasteiger charge is -2.25. The molecule has 7 heteroatoms. The third kappa shape index (κ3) is 2.57. The molecule has 1 aliphatic heterocycles. The Bertz CT molecular complexity index is 481. The summed E-state index contributed by atoms with van der Waals surface area (Å²) >= 11 is 0. The Balaban J connectivity index is 1.96. The summed E-state index contributed by atoms with van der Waals surface area (Å²) in [5, 5.41) is 12.8. The lowest BCUT2D eigenvalue weighted by molar-refractivity contribution is -0.0252. The van der Waals surface area contributed by atoms with E-state index in [-0.39, 0.29) is 23.9 Å². The maximum Gasteiger partial charge on any atom is 0.271 e. The van der Waals surface area contributed by atoms with Crippen molar-refractivity contribution >= 4 is 5.91 Å². The van der Waals surface area contributed by atoms with E-state index >= 15 is 0 Å². The molecule has 0 spiro atoms. The van der Waals surface area contributed by atoms with Crippen LogP contribution in [0.1, 0.15) is 23.8 Å². The van der Waals surface area contributed by atoms with Crippen LogP contribution in [0.25, 0.3) is 0 Å². The van der Waals surface area contributed by atoms with Crippen molar-refractivity contribution < 1.29 is 14.6 Å². The Morgan fingerprint density at radius 1 is 1.78 bits per heavy atom. The maximum atomic E-state index is 11.7. The fourth-order valence-electron chi connectivity index (χ4n) is 1.79. The van der Waals surface area contributed by atoms with Gasteiger partial charge >= 0.3 is 0 Å². The first kappa shape index (κ1) is 12.7. The predicted octanol–water partition coefficient (Wildman–Crippen LogP) is -0.960. The molecule has 0 radical (unpaired) electrons. The number of ether oxygens (including phenoxy) is 1. The van der Waals surface area contributed by atoms with Crippen LogP contribution < -0.4 is 10.9 Å². The van der Waals surface area contributed by atoms with Gasteiger partial charge < -0.3 is 20.1 Å². The number of H-pyrrole nitrogens is 1. The Hall–Kier alpha value is -1.73. The number of carbonyl (C=O) groups is 1. The predicted molar refractivity (Wildman–Crippen MR) is 62.2 cm³/mol. The van der Waals surface area contributed by atoms with Crippen molar-refractivity contribution in [1.82, 2.24) is 15.3 Å². The Labute approximate surface area is 103 Å². The third-order valence-electron chi connectivity index (χ3n) is 3.12. The van der Waals surface area contributed by atoms with Crippen LogP contribution >= 0.6 is 0 Å². The molecule has 1 amide bonds. The van der Waals surface area contributed by atoms with Crippen LogP contribution in [-0.4, -0.2) is 45.8 Å². The number of amides is 1. The largest absolute Gasteiger partial charge is 0.385 e. The van der Waals surface area contributed by atoms with Gasteiger partial charge in [-0.05, 0) is 6.92 Å². The molecule has 1 saturated heterocycles. The van der Waals surface area contributed by atoms with E-state index in [9.17, 15) is 14.7 Å². The van der Waals surface area contributed by atoms with Gasteiger partial charge in [0.15, 0.2) is 0 Å². The molecule has 1 aliphatic rings. The normalized spacial score (nSPS) is 27.1. The number of nitrogens with one attached hydrogen (secondary N) is 2. The van der Waals surface area contributed by atoms with Crippen LogP contribution in [0.4, 0.5) is 0 Å². The molecule has 3 N–H and O–H groups in total. The number of aliphatic hydroxyl groups is 1. The molecule has 0 saturated carbocycles. The Kier molecular flexibility index (Phi) is 3.44. The first-order valence-corrected chi connectivity index (χ1v) is 5.68. The smallest absolute Gasteiger partial charge is 0.271 e. The second kappa shape index (κ2) is 4.87. The van der Waals surface area contributed by atoms with Crippen LogP contribution in [-0.2, 0) is 4.74 Å². The average molecular weight is 253 g/mol. The van der Waals surface area contributed by atoms with Crippen molar-refractivity contribution in [3.05, 3.63) is 28.4 Å². The van der Waals surface area contributed by atoms with E-state index in [1.54, 1.807) is 6.92 Å². The second-order valence-electron chi connectivity index (χ2n) is 4.35. The van der Waals surface area contributed by atoms with Crippen molar-refractivity contribution in [2.45, 2.75) is 25.0 Å². The highest BCUT2D eigenvalue weighted by atomic mass is 16.5. The molecule has 0 bridgehead atoms. The van der Waals surface area contributed by atoms with Gasteiger partial charge in [-0.25, -0.2) is 4.98 Å². The number of aromatic amines is 1. The van der Waals surface area contributed by atoms with Crippen molar-refractivity contribution in [2.75, 3.05) is 13.2 Å². The number of rotatable bonds is 3. The molecule has 7 nitrogen and oxygen atoms in total. The number of hydrogen-bond acceptors (Lipinski definition) is 5. The molecular weight excluding hydrogens is 238 g/mol. The first-order valence-electron chi connectivity index (χ1n) is 5.68. The summed E-state index contributed by atoms with van der Waals surface area (Å²) in [7, 11) is 0. The zero-order valence-electron chi connectivity index (χ0n) is 9.97. The highest BCUT2D eigenvalue weighted by molar-refractivity contribution is 5.91. The Morgan fingerprint density at radius 3 is 3.11 bits per heavy atom. The summed E-state index contributed by atoms with van der Waals surface area (Å²) in [6.07, 6.45) is 2.43. The molecule has 1 aromatic rings. The van der Waals surface area contributed by atoms with E-state index in [2.05, 4.69) is 15.3 Å². The van der Waals surface area contributed by atoms with Crippen molar-refractivity contribution in [3.63, 3.8) is 0 Å². The topological polar surface area (TPSA) is 104 Å². The van der Waals surface area contributed by atoms with Gasteiger partial charge in [0.2, 0.25) is 0 Å². The molecular formula is C11H15N3O4. The fraction of sp³-hybridized carbons (Fsp3) is 0.545. The number of nitrogens with zero attached hydrogens (tertiary/aromatic N) is 1. The quantitative estimate of drug-likeness (QED) is 0.643. The van der Waals surface area contributed by atoms with Gasteiger partial charge in [-0.1, -0.05) is 0 Å². The van der Waals surface area contributed by atoms with Gasteiger partial charge in [0.05, 0.1) is 12.3 Å². The highest BCUT2D eigenvalue weighted by Gasteiger charge is 2.39. The molecule has 0 aromatic carbocycles. The molecule has 1 aromatic heterocycles. The third-order valence-corrected chi connectivity index (χ3v) is 3.12. The van der Waals surface area contributed by atoms with Gasteiger partial charge in [0.1, 0.15) is 11.3 Å². The summed E-state index contributed by atoms with van der Waals surface area (Å²) in [6, 6.07) is 0. The van der Waals surface area contributed by atoms with Crippen LogP contribution in [0.3, 0.4) is 0 Å². The minimum atomic E-state index is -1.04. The summed E-state index contributed by atoms with van der Waals surface area (Å²) in [5.41, 5.74) is -1.31. The van der Waals surface area contributed by atoms with E-state index in [1.165, 1.54) is 6.20 Å². The Morgan fingerprint density at radius 2 is 2.56 bits per heavy atom. The van der Waals surface area contributed by atoms with Gasteiger partial charge in [-0.2, -0.15) is 0 Å². The monoisotopic (exact) mass is 253 g/mol. The minimum absolute atomic E-state index is 0.0911. The van der Waals surface area contributed by atoms with Crippen LogP contribution in [0, 0.1) is 0 Å². The minimum Gasteiger partial charge on any atom is -0.385 e. The van der Waals surface area contributed by atoms with Gasteiger partial charge in [0, 0.05) is 25.8 Å². The van der Waals surface area contributed by atoms with E-state index < -0.39 is 11.5 Å². The molecule has 2 atom stereocenters.